The molecule has 0 saturated heterocycles. The summed E-state index contributed by atoms with van der Waals surface area (Å²) in [4.78, 5) is 28.8. The summed E-state index contributed by atoms with van der Waals surface area (Å²) in [5.74, 6) is 4.71. The molecular weight excluding hydrogens is 282 g/mol. The minimum atomic E-state index is -0.610. The van der Waals surface area contributed by atoms with Gasteiger partial charge in [-0.2, -0.15) is 0 Å². The van der Waals surface area contributed by atoms with Crippen molar-refractivity contribution in [2.24, 2.45) is 5.73 Å². The molecule has 2 heterocycles. The smallest absolute Gasteiger partial charge is 0.321 e. The molecule has 0 radical (unpaired) electrons. The number of nitrogens with one attached hydrogen (secondary N) is 2. The monoisotopic (exact) mass is 291 g/mol. The Morgan fingerprint density at radius 3 is 3.05 bits per heavy atom. The van der Waals surface area contributed by atoms with E-state index in [4.69, 9.17) is 5.73 Å². The number of amides is 1. The molecule has 8 nitrogen and oxygen atoms in total. The Labute approximate surface area is 117 Å². The van der Waals surface area contributed by atoms with E-state index in [0.29, 0.717) is 10.0 Å². The van der Waals surface area contributed by atoms with Crippen LogP contribution >= 0.6 is 11.3 Å². The molecule has 0 aliphatic heterocycles. The lowest BCUT2D eigenvalue weighted by Gasteiger charge is -1.95. The average Bonchev–Trinajstić information content (AvgIpc) is 3.05. The quantitative estimate of drug-likeness (QED) is 0.440. The van der Waals surface area contributed by atoms with Crippen LogP contribution in [0.3, 0.4) is 0 Å². The third-order valence-corrected chi connectivity index (χ3v) is 2.98. The fraction of sp³-hybridized carbons (Fsp3) is 0.0909. The highest BCUT2D eigenvalue weighted by Crippen LogP contribution is 2.18. The highest BCUT2D eigenvalue weighted by Gasteiger charge is 2.16. The highest BCUT2D eigenvalue weighted by atomic mass is 32.1. The van der Waals surface area contributed by atoms with Gasteiger partial charge >= 0.3 is 5.82 Å². The number of carbonyl (C=O) groups excluding carboxylic acids is 1. The lowest BCUT2D eigenvalue weighted by Crippen LogP contribution is -2.12. The number of rotatable bonds is 3. The van der Waals surface area contributed by atoms with Crippen molar-refractivity contribution in [1.82, 2.24) is 9.97 Å². The topological polar surface area (TPSA) is 127 Å². The number of aromatic nitrogens is 2. The molecule has 0 saturated carbocycles. The number of nitro groups is 1. The third kappa shape index (κ3) is 3.19. The summed E-state index contributed by atoms with van der Waals surface area (Å²) >= 11 is 1.19. The van der Waals surface area contributed by atoms with E-state index in [9.17, 15) is 14.9 Å². The number of thiazole rings is 1. The SMILES string of the molecule is NCC#Cc1cnc(NC(=O)c2ccc([N+](=O)[O-])[nH]2)s1. The van der Waals surface area contributed by atoms with E-state index in [0.717, 1.165) is 0 Å². The maximum absolute atomic E-state index is 11.8. The molecule has 2 rings (SSSR count). The van der Waals surface area contributed by atoms with Gasteiger partial charge in [-0.1, -0.05) is 23.2 Å². The standard InChI is InChI=1S/C11H9N5O3S/c12-5-1-2-7-6-13-11(20-7)15-10(17)8-3-4-9(14-8)16(18)19/h3-4,6,14H,5,12H2,(H,13,15,17). The number of hydrogen-bond donors (Lipinski definition) is 3. The summed E-state index contributed by atoms with van der Waals surface area (Å²) in [5, 5.41) is 13.4. The Morgan fingerprint density at radius 2 is 2.40 bits per heavy atom. The first-order chi connectivity index (χ1) is 9.60. The highest BCUT2D eigenvalue weighted by molar-refractivity contribution is 7.16. The van der Waals surface area contributed by atoms with Gasteiger partial charge in [0.1, 0.15) is 0 Å². The molecule has 9 heteroatoms. The van der Waals surface area contributed by atoms with E-state index in [1.165, 1.54) is 29.7 Å². The van der Waals surface area contributed by atoms with Crippen LogP contribution in [-0.2, 0) is 0 Å². The van der Waals surface area contributed by atoms with Crippen molar-refractivity contribution >= 4 is 28.2 Å². The maximum Gasteiger partial charge on any atom is 0.321 e. The molecule has 1 amide bonds. The van der Waals surface area contributed by atoms with Crippen LogP contribution in [0.1, 0.15) is 15.4 Å². The molecule has 0 bridgehead atoms. The maximum atomic E-state index is 11.8. The van der Waals surface area contributed by atoms with Gasteiger partial charge in [-0.15, -0.1) is 0 Å². The third-order valence-electron chi connectivity index (χ3n) is 2.15. The Kier molecular flexibility index (Phi) is 4.09. The van der Waals surface area contributed by atoms with Crippen LogP contribution in [0.2, 0.25) is 0 Å². The molecule has 2 aromatic heterocycles. The van der Waals surface area contributed by atoms with Gasteiger partial charge in [0, 0.05) is 6.07 Å². The van der Waals surface area contributed by atoms with Gasteiger partial charge in [-0.3, -0.25) is 10.1 Å². The van der Waals surface area contributed by atoms with E-state index in [1.807, 2.05) is 0 Å². The number of H-pyrrole nitrogens is 1. The van der Waals surface area contributed by atoms with Crippen LogP contribution in [0, 0.1) is 22.0 Å². The van der Waals surface area contributed by atoms with Gasteiger partial charge < -0.3 is 15.8 Å². The summed E-state index contributed by atoms with van der Waals surface area (Å²) in [6, 6.07) is 2.55. The van der Waals surface area contributed by atoms with E-state index >= 15 is 0 Å². The second-order valence-corrected chi connectivity index (χ2v) is 4.53. The zero-order chi connectivity index (χ0) is 14.5. The first kappa shape index (κ1) is 13.7. The number of nitrogens with two attached hydrogens (primary N) is 1. The molecule has 0 aliphatic rings. The number of aromatic amines is 1. The molecule has 2 aromatic rings. The van der Waals surface area contributed by atoms with Crippen LogP contribution in [0.15, 0.2) is 18.3 Å². The molecule has 102 valence electrons. The summed E-state index contributed by atoms with van der Waals surface area (Å²) in [7, 11) is 0. The summed E-state index contributed by atoms with van der Waals surface area (Å²) < 4.78 is 0. The van der Waals surface area contributed by atoms with Gasteiger partial charge in [-0.25, -0.2) is 9.97 Å². The lowest BCUT2D eigenvalue weighted by molar-refractivity contribution is -0.389. The zero-order valence-electron chi connectivity index (χ0n) is 10.0. The van der Waals surface area contributed by atoms with Gasteiger partial charge in [-0.05, 0) is 11.0 Å². The summed E-state index contributed by atoms with van der Waals surface area (Å²) in [6.07, 6.45) is 1.51. The fourth-order valence-electron chi connectivity index (χ4n) is 1.31. The number of nitrogens with zero attached hydrogens (tertiary/aromatic N) is 2. The van der Waals surface area contributed by atoms with Crippen LogP contribution in [-0.4, -0.2) is 27.3 Å². The van der Waals surface area contributed by atoms with Crippen molar-refractivity contribution in [3.05, 3.63) is 39.0 Å². The summed E-state index contributed by atoms with van der Waals surface area (Å²) in [6.45, 7) is 0.242. The largest absolute Gasteiger partial charge is 0.358 e. The lowest BCUT2D eigenvalue weighted by atomic mass is 10.4. The van der Waals surface area contributed by atoms with Gasteiger partial charge in [0.15, 0.2) is 10.8 Å². The first-order valence-corrected chi connectivity index (χ1v) is 6.21. The fourth-order valence-corrected chi connectivity index (χ4v) is 2.00. The zero-order valence-corrected chi connectivity index (χ0v) is 10.9. The molecule has 0 atom stereocenters. The summed E-state index contributed by atoms with van der Waals surface area (Å²) in [5.41, 5.74) is 5.33. The molecule has 0 spiro atoms. The minimum Gasteiger partial charge on any atom is -0.358 e. The second-order valence-electron chi connectivity index (χ2n) is 3.50. The van der Waals surface area contributed by atoms with Crippen LogP contribution in [0.4, 0.5) is 10.9 Å². The van der Waals surface area contributed by atoms with E-state index in [1.54, 1.807) is 0 Å². The number of carbonyl (C=O) groups is 1. The Morgan fingerprint density at radius 1 is 1.60 bits per heavy atom. The molecule has 20 heavy (non-hydrogen) atoms. The van der Waals surface area contributed by atoms with Gasteiger partial charge in [0.25, 0.3) is 5.91 Å². The Balaban J connectivity index is 2.07. The molecule has 0 fully saturated rings. The average molecular weight is 291 g/mol. The van der Waals surface area contributed by atoms with Gasteiger partial charge in [0.2, 0.25) is 0 Å². The van der Waals surface area contributed by atoms with Crippen LogP contribution < -0.4 is 11.1 Å². The van der Waals surface area contributed by atoms with Crippen LogP contribution in [0.5, 0.6) is 0 Å². The van der Waals surface area contributed by atoms with Crippen molar-refractivity contribution in [2.45, 2.75) is 0 Å². The van der Waals surface area contributed by atoms with Gasteiger partial charge in [0.05, 0.1) is 17.6 Å². The van der Waals surface area contributed by atoms with E-state index < -0.39 is 10.8 Å². The first-order valence-electron chi connectivity index (χ1n) is 5.39. The van der Waals surface area contributed by atoms with E-state index in [-0.39, 0.29) is 18.1 Å². The second kappa shape index (κ2) is 5.96. The molecule has 4 N–H and O–H groups in total. The van der Waals surface area contributed by atoms with Crippen LogP contribution in [0.25, 0.3) is 0 Å². The van der Waals surface area contributed by atoms with Crippen molar-refractivity contribution < 1.29 is 9.72 Å². The van der Waals surface area contributed by atoms with E-state index in [2.05, 4.69) is 27.1 Å². The molecule has 0 unspecified atom stereocenters. The van der Waals surface area contributed by atoms with Crippen molar-refractivity contribution in [1.29, 1.82) is 0 Å². The number of anilines is 1. The predicted molar refractivity (Wildman–Crippen MR) is 73.4 cm³/mol. The van der Waals surface area contributed by atoms with Crippen molar-refractivity contribution in [2.75, 3.05) is 11.9 Å². The normalized spacial score (nSPS) is 9.65. The minimum absolute atomic E-state index is 0.0847. The Bertz CT molecular complexity index is 709. The number of hydrogen-bond acceptors (Lipinski definition) is 6. The molecular formula is C11H9N5O3S. The predicted octanol–water partition coefficient (Wildman–Crippen LogP) is 0.942. The van der Waals surface area contributed by atoms with Crippen molar-refractivity contribution in [3.63, 3.8) is 0 Å². The molecule has 0 aromatic carbocycles. The Hall–Kier alpha value is -2.70. The molecule has 0 aliphatic carbocycles. The van der Waals surface area contributed by atoms with Crippen molar-refractivity contribution in [3.8, 4) is 11.8 Å².